The molecule has 1 aliphatic carbocycles. The highest BCUT2D eigenvalue weighted by Crippen LogP contribution is 2.31. The van der Waals surface area contributed by atoms with Crippen molar-refractivity contribution in [1.82, 2.24) is 14.4 Å². The number of nitrogens with zero attached hydrogens (tertiary/aromatic N) is 3. The quantitative estimate of drug-likeness (QED) is 0.480. The Labute approximate surface area is 164 Å². The summed E-state index contributed by atoms with van der Waals surface area (Å²) in [6.45, 7) is 0.784. The molecule has 0 aromatic carbocycles. The number of imidazole rings is 1. The van der Waals surface area contributed by atoms with Crippen molar-refractivity contribution in [2.75, 3.05) is 12.4 Å². The highest BCUT2D eigenvalue weighted by Gasteiger charge is 2.20. The lowest BCUT2D eigenvalue weighted by Gasteiger charge is -2.24. The van der Waals surface area contributed by atoms with Crippen molar-refractivity contribution in [2.24, 2.45) is 5.73 Å². The van der Waals surface area contributed by atoms with Crippen molar-refractivity contribution in [3.63, 3.8) is 0 Å². The Hall–Kier alpha value is -2.48. The first-order valence-electron chi connectivity index (χ1n) is 9.88. The molecule has 0 bridgehead atoms. The Balaban J connectivity index is 1.76. The zero-order chi connectivity index (χ0) is 19.3. The number of nitrogens with one attached hydrogen (secondary N) is 1. The third kappa shape index (κ3) is 4.01. The van der Waals surface area contributed by atoms with Crippen LogP contribution in [-0.4, -0.2) is 27.5 Å². The Kier molecular flexibility index (Phi) is 5.85. The van der Waals surface area contributed by atoms with Gasteiger partial charge in [-0.2, -0.15) is 0 Å². The van der Waals surface area contributed by atoms with Gasteiger partial charge in [0.05, 0.1) is 18.5 Å². The van der Waals surface area contributed by atoms with Gasteiger partial charge in [-0.1, -0.05) is 25.3 Å². The van der Waals surface area contributed by atoms with Crippen LogP contribution in [0.25, 0.3) is 17.0 Å². The number of hydrogen-bond acceptors (Lipinski definition) is 6. The summed E-state index contributed by atoms with van der Waals surface area (Å²) in [5, 5.41) is 3.74. The summed E-state index contributed by atoms with van der Waals surface area (Å²) >= 11 is 0. The molecule has 0 aliphatic heterocycles. The van der Waals surface area contributed by atoms with Crippen LogP contribution in [-0.2, 0) is 22.9 Å². The van der Waals surface area contributed by atoms with Crippen molar-refractivity contribution in [1.29, 1.82) is 0 Å². The van der Waals surface area contributed by atoms with Crippen LogP contribution in [0.15, 0.2) is 36.5 Å². The van der Waals surface area contributed by atoms with Gasteiger partial charge in [0.1, 0.15) is 23.8 Å². The number of pyridine rings is 2. The molecule has 7 nitrogen and oxygen atoms in total. The summed E-state index contributed by atoms with van der Waals surface area (Å²) < 4.78 is 2.09. The lowest BCUT2D eigenvalue weighted by atomic mass is 9.95. The van der Waals surface area contributed by atoms with Gasteiger partial charge in [0, 0.05) is 18.8 Å². The first kappa shape index (κ1) is 18.9. The number of hydrogen-bond donors (Lipinski definition) is 2. The van der Waals surface area contributed by atoms with Crippen LogP contribution in [0.5, 0.6) is 0 Å². The molecule has 0 radical (unpaired) electrons. The van der Waals surface area contributed by atoms with Crippen LogP contribution < -0.4 is 11.1 Å². The fourth-order valence-corrected chi connectivity index (χ4v) is 3.79. The van der Waals surface area contributed by atoms with E-state index in [-0.39, 0.29) is 0 Å². The molecule has 3 aromatic rings. The predicted molar refractivity (Wildman–Crippen MR) is 109 cm³/mol. The van der Waals surface area contributed by atoms with Gasteiger partial charge in [-0.05, 0) is 42.7 Å². The topological polar surface area (TPSA) is 86.7 Å². The third-order valence-corrected chi connectivity index (χ3v) is 5.24. The van der Waals surface area contributed by atoms with Gasteiger partial charge in [0.25, 0.3) is 0 Å². The number of fused-ring (bicyclic) bond motifs is 1. The van der Waals surface area contributed by atoms with E-state index in [9.17, 15) is 0 Å². The maximum Gasteiger partial charge on any atom is 0.140 e. The first-order valence-corrected chi connectivity index (χ1v) is 9.88. The monoisotopic (exact) mass is 381 g/mol. The summed E-state index contributed by atoms with van der Waals surface area (Å²) in [6.07, 6.45) is 8.25. The minimum atomic E-state index is 0.376. The highest BCUT2D eigenvalue weighted by atomic mass is 17.2. The lowest BCUT2D eigenvalue weighted by Crippen LogP contribution is -2.23. The van der Waals surface area contributed by atoms with Gasteiger partial charge in [-0.3, -0.25) is 4.40 Å². The molecule has 3 N–H and O–H groups in total. The molecule has 0 spiro atoms. The van der Waals surface area contributed by atoms with Crippen molar-refractivity contribution in [3.8, 4) is 11.4 Å². The smallest absolute Gasteiger partial charge is 0.140 e. The van der Waals surface area contributed by atoms with E-state index in [0.717, 1.165) is 34.1 Å². The maximum atomic E-state index is 5.80. The molecule has 3 heterocycles. The normalized spacial score (nSPS) is 15.2. The number of anilines is 1. The molecule has 4 rings (SSSR count). The minimum absolute atomic E-state index is 0.376. The molecule has 28 heavy (non-hydrogen) atoms. The second-order valence-electron chi connectivity index (χ2n) is 7.20. The fraction of sp³-hybridized carbons (Fsp3) is 0.429. The molecule has 0 saturated heterocycles. The SMILES string of the molecule is COOCc1ccn2c(NC3CCCCC3)c(-c3cccc(CN)n3)nc2c1. The van der Waals surface area contributed by atoms with Gasteiger partial charge in [0.15, 0.2) is 0 Å². The van der Waals surface area contributed by atoms with Crippen molar-refractivity contribution in [3.05, 3.63) is 47.8 Å². The Bertz CT molecular complexity index is 934. The van der Waals surface area contributed by atoms with E-state index in [1.165, 1.54) is 39.2 Å². The Morgan fingerprint density at radius 3 is 2.82 bits per heavy atom. The first-order chi connectivity index (χ1) is 13.8. The molecular weight excluding hydrogens is 354 g/mol. The summed E-state index contributed by atoms with van der Waals surface area (Å²) in [6, 6.07) is 10.4. The zero-order valence-electron chi connectivity index (χ0n) is 16.2. The van der Waals surface area contributed by atoms with Crippen molar-refractivity contribution >= 4 is 11.5 Å². The molecule has 0 amide bonds. The summed E-state index contributed by atoms with van der Waals surface area (Å²) in [5.41, 5.74) is 10.2. The molecular formula is C21H27N5O2. The summed E-state index contributed by atoms with van der Waals surface area (Å²) in [4.78, 5) is 19.4. The predicted octanol–water partition coefficient (Wildman–Crippen LogP) is 3.68. The molecule has 7 heteroatoms. The largest absolute Gasteiger partial charge is 0.367 e. The van der Waals surface area contributed by atoms with Crippen molar-refractivity contribution in [2.45, 2.75) is 51.3 Å². The van der Waals surface area contributed by atoms with Gasteiger partial charge in [-0.25, -0.2) is 19.7 Å². The second-order valence-corrected chi connectivity index (χ2v) is 7.20. The van der Waals surface area contributed by atoms with Crippen LogP contribution >= 0.6 is 0 Å². The van der Waals surface area contributed by atoms with E-state index in [2.05, 4.69) is 9.72 Å². The average molecular weight is 381 g/mol. The average Bonchev–Trinajstić information content (AvgIpc) is 3.10. The van der Waals surface area contributed by atoms with E-state index in [4.69, 9.17) is 25.5 Å². The maximum absolute atomic E-state index is 5.80. The van der Waals surface area contributed by atoms with E-state index in [1.54, 1.807) is 0 Å². The van der Waals surface area contributed by atoms with Gasteiger partial charge in [0.2, 0.25) is 0 Å². The number of nitrogens with two attached hydrogens (primary N) is 1. The van der Waals surface area contributed by atoms with Crippen LogP contribution in [0.3, 0.4) is 0 Å². The highest BCUT2D eigenvalue weighted by molar-refractivity contribution is 5.74. The van der Waals surface area contributed by atoms with Gasteiger partial charge >= 0.3 is 0 Å². The van der Waals surface area contributed by atoms with Crippen molar-refractivity contribution < 1.29 is 9.78 Å². The molecule has 0 atom stereocenters. The van der Waals surface area contributed by atoms with E-state index < -0.39 is 0 Å². The Morgan fingerprint density at radius 2 is 2.04 bits per heavy atom. The molecule has 3 aromatic heterocycles. The van der Waals surface area contributed by atoms with Crippen LogP contribution in [0.2, 0.25) is 0 Å². The molecule has 148 valence electrons. The molecule has 1 fully saturated rings. The van der Waals surface area contributed by atoms with Crippen LogP contribution in [0.1, 0.15) is 43.4 Å². The van der Waals surface area contributed by atoms with E-state index in [1.807, 2.05) is 36.5 Å². The summed E-state index contributed by atoms with van der Waals surface area (Å²) in [5.74, 6) is 0.989. The van der Waals surface area contributed by atoms with Crippen LogP contribution in [0, 0.1) is 0 Å². The fourth-order valence-electron chi connectivity index (χ4n) is 3.79. The zero-order valence-corrected chi connectivity index (χ0v) is 16.2. The minimum Gasteiger partial charge on any atom is -0.367 e. The van der Waals surface area contributed by atoms with E-state index in [0.29, 0.717) is 19.2 Å². The van der Waals surface area contributed by atoms with Gasteiger partial charge in [-0.15, -0.1) is 0 Å². The lowest BCUT2D eigenvalue weighted by molar-refractivity contribution is -0.282. The Morgan fingerprint density at radius 1 is 1.18 bits per heavy atom. The molecule has 0 unspecified atom stereocenters. The van der Waals surface area contributed by atoms with E-state index >= 15 is 0 Å². The van der Waals surface area contributed by atoms with Crippen LogP contribution in [0.4, 0.5) is 5.82 Å². The summed E-state index contributed by atoms with van der Waals surface area (Å²) in [7, 11) is 1.51. The number of aromatic nitrogens is 3. The second kappa shape index (κ2) is 8.68. The molecule has 1 saturated carbocycles. The standard InChI is InChI=1S/C21H27N5O2/c1-27-28-14-15-10-11-26-19(12-15)25-20(18-9-5-8-17(13-22)23-18)21(26)24-16-6-3-2-4-7-16/h5,8-12,16,24H,2-4,6-7,13-14,22H2,1H3. The number of rotatable bonds is 7. The molecule has 1 aliphatic rings. The van der Waals surface area contributed by atoms with Gasteiger partial charge < -0.3 is 11.1 Å². The third-order valence-electron chi connectivity index (χ3n) is 5.24.